The lowest BCUT2D eigenvalue weighted by atomic mass is 9.84. The van der Waals surface area contributed by atoms with E-state index < -0.39 is 0 Å². The van der Waals surface area contributed by atoms with Gasteiger partial charge in [0.15, 0.2) is 5.96 Å². The molecular weight excluding hydrogens is 344 g/mol. The molecule has 0 radical (unpaired) electrons. The lowest BCUT2D eigenvalue weighted by Gasteiger charge is -2.27. The normalized spacial score (nSPS) is 12.1. The SMILES string of the molecule is CCNC(=NCc1ncc(CC)s1)NCC(C)(C)c1ccc(OC)cc1. The Morgan fingerprint density at radius 3 is 2.50 bits per heavy atom. The van der Waals surface area contributed by atoms with Crippen molar-refractivity contribution in [2.75, 3.05) is 20.2 Å². The molecule has 1 aromatic heterocycles. The monoisotopic (exact) mass is 374 g/mol. The van der Waals surface area contributed by atoms with Crippen LogP contribution >= 0.6 is 11.3 Å². The number of ether oxygens (including phenoxy) is 1. The van der Waals surface area contributed by atoms with Crippen LogP contribution in [0.1, 0.15) is 43.1 Å². The van der Waals surface area contributed by atoms with E-state index in [1.807, 2.05) is 18.3 Å². The molecule has 0 saturated heterocycles. The number of hydrogen-bond donors (Lipinski definition) is 2. The van der Waals surface area contributed by atoms with Gasteiger partial charge in [0, 0.05) is 29.6 Å². The Bertz CT molecular complexity index is 707. The van der Waals surface area contributed by atoms with E-state index >= 15 is 0 Å². The second-order valence-electron chi connectivity index (χ2n) is 6.73. The summed E-state index contributed by atoms with van der Waals surface area (Å²) in [4.78, 5) is 10.4. The van der Waals surface area contributed by atoms with Crippen molar-refractivity contribution in [1.29, 1.82) is 0 Å². The Morgan fingerprint density at radius 1 is 1.19 bits per heavy atom. The number of aliphatic imine (C=N–C) groups is 1. The van der Waals surface area contributed by atoms with Crippen LogP contribution in [0.2, 0.25) is 0 Å². The van der Waals surface area contributed by atoms with Crippen molar-refractivity contribution < 1.29 is 4.74 Å². The largest absolute Gasteiger partial charge is 0.497 e. The quantitative estimate of drug-likeness (QED) is 0.546. The van der Waals surface area contributed by atoms with E-state index in [1.54, 1.807) is 18.4 Å². The van der Waals surface area contributed by atoms with Gasteiger partial charge in [-0.3, -0.25) is 0 Å². The second-order valence-corrected chi connectivity index (χ2v) is 7.93. The zero-order valence-electron chi connectivity index (χ0n) is 16.4. The van der Waals surface area contributed by atoms with Gasteiger partial charge in [0.25, 0.3) is 0 Å². The first-order valence-electron chi connectivity index (χ1n) is 9.08. The summed E-state index contributed by atoms with van der Waals surface area (Å²) in [5.41, 5.74) is 1.23. The van der Waals surface area contributed by atoms with Gasteiger partial charge in [0.1, 0.15) is 10.8 Å². The fraction of sp³-hybridized carbons (Fsp3) is 0.500. The molecule has 2 aromatic rings. The van der Waals surface area contributed by atoms with Crippen LogP contribution < -0.4 is 15.4 Å². The predicted molar refractivity (Wildman–Crippen MR) is 110 cm³/mol. The minimum absolute atomic E-state index is 0.0287. The van der Waals surface area contributed by atoms with Crippen LogP contribution in [0.3, 0.4) is 0 Å². The highest BCUT2D eigenvalue weighted by molar-refractivity contribution is 7.11. The smallest absolute Gasteiger partial charge is 0.191 e. The lowest BCUT2D eigenvalue weighted by molar-refractivity contribution is 0.414. The minimum atomic E-state index is -0.0287. The van der Waals surface area contributed by atoms with Crippen molar-refractivity contribution in [1.82, 2.24) is 15.6 Å². The summed E-state index contributed by atoms with van der Waals surface area (Å²) in [5, 5.41) is 7.82. The standard InChI is InChI=1S/C20H30N4OS/c1-6-17-12-22-18(26-17)13-23-19(21-7-2)24-14-20(3,4)15-8-10-16(25-5)11-9-15/h8-12H,6-7,13-14H2,1-5H3,(H2,21,23,24). The molecule has 0 spiro atoms. The van der Waals surface area contributed by atoms with E-state index in [0.717, 1.165) is 36.2 Å². The molecule has 0 amide bonds. The Labute approximate surface area is 160 Å². The maximum atomic E-state index is 5.25. The fourth-order valence-electron chi connectivity index (χ4n) is 2.52. The molecule has 0 aliphatic rings. The number of nitrogens with one attached hydrogen (secondary N) is 2. The van der Waals surface area contributed by atoms with Crippen LogP contribution in [0.5, 0.6) is 5.75 Å². The van der Waals surface area contributed by atoms with Crippen molar-refractivity contribution in [2.24, 2.45) is 4.99 Å². The molecule has 142 valence electrons. The molecule has 0 unspecified atom stereocenters. The number of methoxy groups -OCH3 is 1. The number of rotatable bonds is 8. The molecule has 1 aromatic carbocycles. The van der Waals surface area contributed by atoms with E-state index in [9.17, 15) is 0 Å². The fourth-order valence-corrected chi connectivity index (χ4v) is 3.31. The number of aromatic nitrogens is 1. The molecule has 0 aliphatic heterocycles. The van der Waals surface area contributed by atoms with Gasteiger partial charge in [-0.25, -0.2) is 9.98 Å². The second kappa shape index (κ2) is 9.57. The molecular formula is C20H30N4OS. The van der Waals surface area contributed by atoms with Gasteiger partial charge in [-0.1, -0.05) is 32.9 Å². The molecule has 0 fully saturated rings. The van der Waals surface area contributed by atoms with Crippen molar-refractivity contribution in [3.8, 4) is 5.75 Å². The highest BCUT2D eigenvalue weighted by Crippen LogP contribution is 2.24. The first-order chi connectivity index (χ1) is 12.5. The van der Waals surface area contributed by atoms with E-state index in [2.05, 4.69) is 60.4 Å². The number of nitrogens with zero attached hydrogens (tertiary/aromatic N) is 2. The number of benzene rings is 1. The van der Waals surface area contributed by atoms with E-state index in [0.29, 0.717) is 6.54 Å². The van der Waals surface area contributed by atoms with E-state index in [1.165, 1.54) is 10.4 Å². The average Bonchev–Trinajstić information content (AvgIpc) is 3.12. The molecule has 26 heavy (non-hydrogen) atoms. The van der Waals surface area contributed by atoms with Gasteiger partial charge in [-0.2, -0.15) is 0 Å². The molecule has 0 aliphatic carbocycles. The van der Waals surface area contributed by atoms with E-state index in [4.69, 9.17) is 4.74 Å². The third-order valence-electron chi connectivity index (χ3n) is 4.24. The van der Waals surface area contributed by atoms with Gasteiger partial charge in [0.05, 0.1) is 13.7 Å². The molecule has 0 bridgehead atoms. The molecule has 6 heteroatoms. The summed E-state index contributed by atoms with van der Waals surface area (Å²) in [6.45, 7) is 10.9. The van der Waals surface area contributed by atoms with Crippen LogP contribution in [0.25, 0.3) is 0 Å². The molecule has 2 rings (SSSR count). The molecule has 5 nitrogen and oxygen atoms in total. The van der Waals surface area contributed by atoms with Crippen molar-refractivity contribution in [3.63, 3.8) is 0 Å². The molecule has 0 saturated carbocycles. The summed E-state index contributed by atoms with van der Waals surface area (Å²) in [5.74, 6) is 1.70. The van der Waals surface area contributed by atoms with Crippen LogP contribution in [0, 0.1) is 0 Å². The lowest BCUT2D eigenvalue weighted by Crippen LogP contribution is -2.43. The molecule has 2 N–H and O–H groups in total. The van der Waals surface area contributed by atoms with Crippen molar-refractivity contribution in [3.05, 3.63) is 45.9 Å². The third-order valence-corrected chi connectivity index (χ3v) is 5.36. The summed E-state index contributed by atoms with van der Waals surface area (Å²) in [6.07, 6.45) is 2.97. The van der Waals surface area contributed by atoms with Gasteiger partial charge in [-0.15, -0.1) is 11.3 Å². The average molecular weight is 375 g/mol. The first-order valence-corrected chi connectivity index (χ1v) is 9.90. The first kappa shape index (κ1) is 20.2. The Kier molecular flexibility index (Phi) is 7.45. The van der Waals surface area contributed by atoms with Gasteiger partial charge >= 0.3 is 0 Å². The minimum Gasteiger partial charge on any atom is -0.497 e. The molecule has 1 heterocycles. The maximum absolute atomic E-state index is 5.25. The van der Waals surface area contributed by atoms with Gasteiger partial charge < -0.3 is 15.4 Å². The Balaban J connectivity index is 2.00. The summed E-state index contributed by atoms with van der Waals surface area (Å²) >= 11 is 1.73. The Hall–Kier alpha value is -2.08. The highest BCUT2D eigenvalue weighted by atomic mass is 32.1. The van der Waals surface area contributed by atoms with E-state index in [-0.39, 0.29) is 5.41 Å². The number of hydrogen-bond acceptors (Lipinski definition) is 4. The topological polar surface area (TPSA) is 58.5 Å². The maximum Gasteiger partial charge on any atom is 0.191 e. The zero-order valence-corrected chi connectivity index (χ0v) is 17.2. The van der Waals surface area contributed by atoms with Gasteiger partial charge in [-0.05, 0) is 31.0 Å². The third kappa shape index (κ3) is 5.73. The molecule has 0 atom stereocenters. The Morgan fingerprint density at radius 2 is 1.92 bits per heavy atom. The van der Waals surface area contributed by atoms with Crippen molar-refractivity contribution in [2.45, 2.75) is 46.1 Å². The predicted octanol–water partition coefficient (Wildman–Crippen LogP) is 3.75. The number of aryl methyl sites for hydroxylation is 1. The van der Waals surface area contributed by atoms with Crippen LogP contribution in [-0.2, 0) is 18.4 Å². The van der Waals surface area contributed by atoms with Crippen LogP contribution in [0.4, 0.5) is 0 Å². The summed E-state index contributed by atoms with van der Waals surface area (Å²) in [7, 11) is 1.69. The summed E-state index contributed by atoms with van der Waals surface area (Å²) < 4.78 is 5.25. The summed E-state index contributed by atoms with van der Waals surface area (Å²) in [6, 6.07) is 8.24. The van der Waals surface area contributed by atoms with Gasteiger partial charge in [0.2, 0.25) is 0 Å². The number of thiazole rings is 1. The zero-order chi connectivity index (χ0) is 19.0. The van der Waals surface area contributed by atoms with Crippen LogP contribution in [-0.4, -0.2) is 31.1 Å². The highest BCUT2D eigenvalue weighted by Gasteiger charge is 2.21. The number of guanidine groups is 1. The van der Waals surface area contributed by atoms with Crippen molar-refractivity contribution >= 4 is 17.3 Å². The van der Waals surface area contributed by atoms with Crippen LogP contribution in [0.15, 0.2) is 35.5 Å².